The average Bonchev–Trinajstić information content (AvgIpc) is 3.36. The van der Waals surface area contributed by atoms with Gasteiger partial charge in [-0.05, 0) is 65.0 Å². The van der Waals surface area contributed by atoms with Gasteiger partial charge in [0.05, 0.1) is 9.21 Å². The molecule has 32 heavy (non-hydrogen) atoms. The number of carbonyl (C=O) groups is 2. The van der Waals surface area contributed by atoms with Gasteiger partial charge in [-0.3, -0.25) is 4.79 Å². The summed E-state index contributed by atoms with van der Waals surface area (Å²) in [5.74, 6) is 0.396. The monoisotopic (exact) mass is 485 g/mol. The van der Waals surface area contributed by atoms with Crippen molar-refractivity contribution in [3.05, 3.63) is 27.2 Å². The summed E-state index contributed by atoms with van der Waals surface area (Å²) in [5, 5.41) is 14.1. The highest BCUT2D eigenvalue weighted by molar-refractivity contribution is 7.18. The number of anilines is 1. The van der Waals surface area contributed by atoms with Crippen LogP contribution < -0.4 is 10.6 Å². The lowest BCUT2D eigenvalue weighted by Crippen LogP contribution is -2.42. The minimum Gasteiger partial charge on any atom is -0.444 e. The molecule has 0 bridgehead atoms. The zero-order valence-corrected chi connectivity index (χ0v) is 20.4. The molecule has 0 saturated carbocycles. The highest BCUT2D eigenvalue weighted by Crippen LogP contribution is 2.30. The third kappa shape index (κ3) is 6.83. The third-order valence-corrected chi connectivity index (χ3v) is 6.23. The van der Waals surface area contributed by atoms with E-state index in [-0.39, 0.29) is 19.3 Å². The molecule has 1 saturated heterocycles. The molecule has 0 radical (unpaired) electrons. The molecule has 1 atom stereocenters. The van der Waals surface area contributed by atoms with Crippen molar-refractivity contribution in [1.29, 1.82) is 0 Å². The predicted octanol–water partition coefficient (Wildman–Crippen LogP) is 4.97. The van der Waals surface area contributed by atoms with E-state index in [0.29, 0.717) is 47.2 Å². The van der Waals surface area contributed by atoms with Crippen molar-refractivity contribution in [2.45, 2.75) is 58.6 Å². The molecule has 1 aliphatic rings. The van der Waals surface area contributed by atoms with Crippen molar-refractivity contribution >= 4 is 41.0 Å². The molecule has 1 fully saturated rings. The van der Waals surface area contributed by atoms with Gasteiger partial charge in [-0.2, -0.15) is 0 Å². The molecule has 2 aromatic rings. The van der Waals surface area contributed by atoms with Gasteiger partial charge in [0.25, 0.3) is 5.91 Å². The van der Waals surface area contributed by atoms with E-state index in [0.717, 1.165) is 12.8 Å². The molecule has 3 rings (SSSR count). The van der Waals surface area contributed by atoms with Crippen LogP contribution in [0.2, 0.25) is 4.34 Å². The number of aromatic nitrogens is 2. The van der Waals surface area contributed by atoms with Gasteiger partial charge in [0.2, 0.25) is 5.89 Å². The van der Waals surface area contributed by atoms with E-state index in [4.69, 9.17) is 20.8 Å². The minimum absolute atomic E-state index is 0. The molecule has 2 aromatic heterocycles. The van der Waals surface area contributed by atoms with E-state index in [1.807, 2.05) is 27.7 Å². The number of hydrogen-bond donors (Lipinski definition) is 2. The Hall–Kier alpha value is -2.33. The molecular weight excluding hydrogens is 454 g/mol. The SMILES string of the molecule is CCNc1nnc(C(CC2CCN(C(=O)OC(C)(C)C)CC2)NC(=O)c2ccc(Cl)s2)o1.[HH]. The molecule has 0 aliphatic carbocycles. The van der Waals surface area contributed by atoms with Crippen molar-refractivity contribution in [3.8, 4) is 0 Å². The number of halogens is 1. The molecule has 178 valence electrons. The summed E-state index contributed by atoms with van der Waals surface area (Å²) in [7, 11) is 0. The molecule has 11 heteroatoms. The van der Waals surface area contributed by atoms with Crippen molar-refractivity contribution in [2.24, 2.45) is 5.92 Å². The second kappa shape index (κ2) is 10.5. The summed E-state index contributed by atoms with van der Waals surface area (Å²) in [6.07, 6.45) is 1.93. The lowest BCUT2D eigenvalue weighted by Gasteiger charge is -2.34. The molecule has 0 aromatic carbocycles. The summed E-state index contributed by atoms with van der Waals surface area (Å²) in [5.41, 5.74) is -0.518. The topological polar surface area (TPSA) is 110 Å². The molecule has 0 spiro atoms. The number of nitrogens with one attached hydrogen (secondary N) is 2. The largest absolute Gasteiger partial charge is 0.444 e. The molecule has 1 unspecified atom stereocenters. The quantitative estimate of drug-likeness (QED) is 0.569. The average molecular weight is 486 g/mol. The molecule has 3 heterocycles. The summed E-state index contributed by atoms with van der Waals surface area (Å²) in [6.45, 7) is 9.37. The van der Waals surface area contributed by atoms with Crippen molar-refractivity contribution in [2.75, 3.05) is 25.0 Å². The second-order valence-corrected chi connectivity index (χ2v) is 10.5. The highest BCUT2D eigenvalue weighted by atomic mass is 35.5. The predicted molar refractivity (Wildman–Crippen MR) is 125 cm³/mol. The van der Waals surface area contributed by atoms with Gasteiger partial charge < -0.3 is 24.7 Å². The maximum Gasteiger partial charge on any atom is 0.410 e. The second-order valence-electron chi connectivity index (χ2n) is 8.75. The highest BCUT2D eigenvalue weighted by Gasteiger charge is 2.31. The lowest BCUT2D eigenvalue weighted by molar-refractivity contribution is 0.0177. The number of thiophene rings is 1. The fourth-order valence-electron chi connectivity index (χ4n) is 3.50. The Morgan fingerprint density at radius 2 is 2.06 bits per heavy atom. The van der Waals surface area contributed by atoms with Gasteiger partial charge in [0, 0.05) is 21.1 Å². The number of ether oxygens (including phenoxy) is 1. The molecule has 2 amide bonds. The standard InChI is InChI=1S/C21H30ClN5O4S.H2/c1-5-23-19-26-25-18(30-19)14(24-17(28)15-6-7-16(22)32-15)12-13-8-10-27(11-9-13)20(29)31-21(2,3)4;/h6-7,13-14H,5,8-12H2,1-4H3,(H,23,26)(H,24,28);1H. The number of nitrogens with zero attached hydrogens (tertiary/aromatic N) is 3. The van der Waals surface area contributed by atoms with Crippen molar-refractivity contribution in [3.63, 3.8) is 0 Å². The maximum absolute atomic E-state index is 12.8. The smallest absolute Gasteiger partial charge is 0.410 e. The van der Waals surface area contributed by atoms with Crippen LogP contribution in [-0.2, 0) is 4.74 Å². The lowest BCUT2D eigenvalue weighted by atomic mass is 9.90. The molecule has 9 nitrogen and oxygen atoms in total. The van der Waals surface area contributed by atoms with Crippen LogP contribution in [0.5, 0.6) is 0 Å². The van der Waals surface area contributed by atoms with Gasteiger partial charge in [0.15, 0.2) is 0 Å². The van der Waals surface area contributed by atoms with Crippen LogP contribution in [0, 0.1) is 5.92 Å². The number of likely N-dealkylation sites (tertiary alicyclic amines) is 1. The van der Waals surface area contributed by atoms with E-state index in [1.165, 1.54) is 11.3 Å². The number of rotatable bonds is 7. The fourth-order valence-corrected chi connectivity index (χ4v) is 4.44. The number of carbonyl (C=O) groups excluding carboxylic acids is 2. The van der Waals surface area contributed by atoms with Gasteiger partial charge in [0.1, 0.15) is 11.6 Å². The Morgan fingerprint density at radius 1 is 1.34 bits per heavy atom. The van der Waals surface area contributed by atoms with Gasteiger partial charge >= 0.3 is 12.1 Å². The first kappa shape index (κ1) is 24.3. The van der Waals surface area contributed by atoms with Crippen molar-refractivity contribution in [1.82, 2.24) is 20.4 Å². The van der Waals surface area contributed by atoms with E-state index >= 15 is 0 Å². The summed E-state index contributed by atoms with van der Waals surface area (Å²) < 4.78 is 11.8. The first-order valence-electron chi connectivity index (χ1n) is 10.8. The normalized spacial score (nSPS) is 16.0. The first-order valence-corrected chi connectivity index (χ1v) is 12.0. The van der Waals surface area contributed by atoms with Gasteiger partial charge in [-0.1, -0.05) is 16.7 Å². The van der Waals surface area contributed by atoms with Gasteiger partial charge in [-0.25, -0.2) is 4.79 Å². The number of amides is 2. The summed E-state index contributed by atoms with van der Waals surface area (Å²) >= 11 is 7.19. The Bertz CT molecular complexity index is 924. The fraction of sp³-hybridized carbons (Fsp3) is 0.619. The van der Waals surface area contributed by atoms with Crippen LogP contribution in [0.25, 0.3) is 0 Å². The van der Waals surface area contributed by atoms with Crippen LogP contribution in [0.3, 0.4) is 0 Å². The van der Waals surface area contributed by atoms with E-state index < -0.39 is 11.6 Å². The van der Waals surface area contributed by atoms with E-state index in [9.17, 15) is 9.59 Å². The van der Waals surface area contributed by atoms with E-state index in [2.05, 4.69) is 20.8 Å². The van der Waals surface area contributed by atoms with Crippen LogP contribution >= 0.6 is 22.9 Å². The van der Waals surface area contributed by atoms with Crippen LogP contribution in [0.1, 0.15) is 70.0 Å². The Labute approximate surface area is 198 Å². The zero-order chi connectivity index (χ0) is 23.3. The first-order chi connectivity index (χ1) is 15.1. The molecule has 2 N–H and O–H groups in total. The summed E-state index contributed by atoms with van der Waals surface area (Å²) in [6, 6.07) is 3.26. The third-order valence-electron chi connectivity index (χ3n) is 5.00. The Balaban J connectivity index is 0.00000385. The molecule has 1 aliphatic heterocycles. The number of piperidine rings is 1. The van der Waals surface area contributed by atoms with Gasteiger partial charge in [-0.15, -0.1) is 16.4 Å². The Morgan fingerprint density at radius 3 is 2.66 bits per heavy atom. The number of hydrogen-bond acceptors (Lipinski definition) is 8. The Kier molecular flexibility index (Phi) is 8.00. The molecular formula is C21H32ClN5O4S. The zero-order valence-electron chi connectivity index (χ0n) is 18.8. The summed E-state index contributed by atoms with van der Waals surface area (Å²) in [4.78, 5) is 27.3. The van der Waals surface area contributed by atoms with E-state index in [1.54, 1.807) is 17.0 Å². The van der Waals surface area contributed by atoms with Crippen LogP contribution in [-0.4, -0.2) is 52.3 Å². The maximum atomic E-state index is 12.8. The minimum atomic E-state index is -0.518. The van der Waals surface area contributed by atoms with Crippen LogP contribution in [0.15, 0.2) is 16.5 Å². The van der Waals surface area contributed by atoms with Crippen LogP contribution in [0.4, 0.5) is 10.8 Å². The van der Waals surface area contributed by atoms with Crippen molar-refractivity contribution < 1.29 is 20.2 Å².